The number of nitrogens with zero attached hydrogens (tertiary/aromatic N) is 4. The van der Waals surface area contributed by atoms with Crippen molar-refractivity contribution in [2.24, 2.45) is 0 Å². The molecule has 0 bridgehead atoms. The topological polar surface area (TPSA) is 80.5 Å². The van der Waals surface area contributed by atoms with Crippen LogP contribution >= 0.6 is 0 Å². The fourth-order valence-electron chi connectivity index (χ4n) is 8.20. The lowest BCUT2D eigenvalue weighted by atomic mass is 9.75. The second-order valence-electron chi connectivity index (χ2n) is 17.8. The fourth-order valence-corrected chi connectivity index (χ4v) is 8.20. The van der Waals surface area contributed by atoms with Gasteiger partial charge >= 0.3 is 14.2 Å². The zero-order valence-electron chi connectivity index (χ0n) is 34.8. The van der Waals surface area contributed by atoms with E-state index >= 15 is 0 Å². The van der Waals surface area contributed by atoms with Gasteiger partial charge in [-0.3, -0.25) is 0 Å². The van der Waals surface area contributed by atoms with Gasteiger partial charge in [0.1, 0.15) is 0 Å². The Balaban J connectivity index is 1.21. The van der Waals surface area contributed by atoms with E-state index in [9.17, 15) is 0 Å². The average molecular weight is 777 g/mol. The highest BCUT2D eigenvalue weighted by Crippen LogP contribution is 2.42. The predicted molar refractivity (Wildman–Crippen MR) is 239 cm³/mol. The van der Waals surface area contributed by atoms with Crippen LogP contribution in [0.4, 0.5) is 0 Å². The Hall–Kier alpha value is -5.64. The molecule has 2 aliphatic rings. The summed E-state index contributed by atoms with van der Waals surface area (Å²) in [5, 5.41) is 4.30. The Morgan fingerprint density at radius 1 is 0.424 bits per heavy atom. The summed E-state index contributed by atoms with van der Waals surface area (Å²) in [6.45, 7) is 16.8. The molecule has 0 aliphatic carbocycles. The molecule has 0 spiro atoms. The summed E-state index contributed by atoms with van der Waals surface area (Å²) in [5.41, 5.74) is 5.82. The van der Waals surface area contributed by atoms with E-state index in [2.05, 4.69) is 133 Å². The number of hydrogen-bond acceptors (Lipinski definition) is 7. The third kappa shape index (κ3) is 6.20. The van der Waals surface area contributed by atoms with E-state index in [0.717, 1.165) is 65.9 Å². The average Bonchev–Trinajstić information content (AvgIpc) is 3.77. The van der Waals surface area contributed by atoms with Crippen LogP contribution < -0.4 is 10.9 Å². The summed E-state index contributed by atoms with van der Waals surface area (Å²) in [5.74, 6) is 1.83. The van der Waals surface area contributed by atoms with Gasteiger partial charge in [-0.15, -0.1) is 0 Å². The van der Waals surface area contributed by atoms with E-state index < -0.39 is 36.6 Å². The maximum absolute atomic E-state index is 6.72. The Bertz CT molecular complexity index is 2840. The molecular weight excluding hydrogens is 730 g/mol. The Morgan fingerprint density at radius 3 is 1.49 bits per heavy atom. The summed E-state index contributed by atoms with van der Waals surface area (Å²) >= 11 is 0. The van der Waals surface area contributed by atoms with Crippen molar-refractivity contribution in [2.75, 3.05) is 0 Å². The smallest absolute Gasteiger partial charge is 0.399 e. The molecule has 2 aromatic heterocycles. The van der Waals surface area contributed by atoms with Crippen LogP contribution in [0.15, 0.2) is 133 Å². The van der Waals surface area contributed by atoms with Gasteiger partial charge in [0.2, 0.25) is 0 Å². The highest BCUT2D eigenvalue weighted by molar-refractivity contribution is 6.66. The monoisotopic (exact) mass is 776 g/mol. The predicted octanol–water partition coefficient (Wildman–Crippen LogP) is 9.72. The van der Waals surface area contributed by atoms with Crippen molar-refractivity contribution in [3.8, 4) is 39.9 Å². The molecule has 8 nitrogen and oxygen atoms in total. The quantitative estimate of drug-likeness (QED) is 0.156. The van der Waals surface area contributed by atoms with Crippen LogP contribution in [-0.4, -0.2) is 56.2 Å². The molecule has 8 aromatic rings. The third-order valence-corrected chi connectivity index (χ3v) is 12.9. The Labute approximate surface area is 345 Å². The summed E-state index contributed by atoms with van der Waals surface area (Å²) < 4.78 is 29.0. The van der Waals surface area contributed by atoms with Crippen LogP contribution in [0, 0.1) is 0 Å². The molecule has 0 atom stereocenters. The van der Waals surface area contributed by atoms with Crippen LogP contribution in [0.3, 0.4) is 0 Å². The van der Waals surface area contributed by atoms with Crippen molar-refractivity contribution in [3.63, 3.8) is 0 Å². The normalized spacial score (nSPS) is 18.0. The van der Waals surface area contributed by atoms with E-state index in [0.29, 0.717) is 17.5 Å². The second-order valence-corrected chi connectivity index (χ2v) is 17.8. The first kappa shape index (κ1) is 37.6. The molecule has 292 valence electrons. The molecule has 2 saturated heterocycles. The van der Waals surface area contributed by atoms with Gasteiger partial charge in [0.15, 0.2) is 17.5 Å². The minimum absolute atomic E-state index is 0.475. The minimum atomic E-state index is -0.552. The molecule has 0 N–H and O–H groups in total. The maximum atomic E-state index is 6.72. The molecule has 0 unspecified atom stereocenters. The first-order valence-electron chi connectivity index (χ1n) is 20.4. The number of aromatic nitrogens is 4. The van der Waals surface area contributed by atoms with Crippen LogP contribution in [-0.2, 0) is 18.6 Å². The first-order chi connectivity index (χ1) is 28.2. The van der Waals surface area contributed by atoms with Crippen LogP contribution in [0.2, 0.25) is 0 Å². The fraction of sp³-hybridized carbons (Fsp3) is 0.245. The van der Waals surface area contributed by atoms with Crippen molar-refractivity contribution >= 4 is 57.7 Å². The van der Waals surface area contributed by atoms with Crippen molar-refractivity contribution in [2.45, 2.75) is 77.8 Å². The Kier molecular flexibility index (Phi) is 8.57. The molecule has 59 heavy (non-hydrogen) atoms. The van der Waals surface area contributed by atoms with Crippen LogP contribution in [0.25, 0.3) is 72.4 Å². The standard InChI is InChI=1S/C49H46B2N4O4/c1-46(2)47(3,4)57-50(56-46)34-26-27-41-38(29-34)39-30-40(51-58-48(5,6)49(7,8)59-51)36-24-15-16-25-37(36)42(39)55(41)35-23-17-22-33(28-35)45-53-43(31-18-11-9-12-19-31)52-44(54-45)32-20-13-10-14-21-32/h9-30H,1-8H3. The Morgan fingerprint density at radius 2 is 0.915 bits per heavy atom. The van der Waals surface area contributed by atoms with Gasteiger partial charge in [0.05, 0.1) is 33.4 Å². The van der Waals surface area contributed by atoms with E-state index in [4.69, 9.17) is 33.6 Å². The minimum Gasteiger partial charge on any atom is -0.399 e. The largest absolute Gasteiger partial charge is 0.495 e. The maximum Gasteiger partial charge on any atom is 0.495 e. The third-order valence-electron chi connectivity index (χ3n) is 12.9. The first-order valence-corrected chi connectivity index (χ1v) is 20.4. The van der Waals surface area contributed by atoms with Gasteiger partial charge in [-0.25, -0.2) is 15.0 Å². The van der Waals surface area contributed by atoms with Crippen LogP contribution in [0.5, 0.6) is 0 Å². The zero-order chi connectivity index (χ0) is 40.9. The van der Waals surface area contributed by atoms with E-state index in [1.165, 1.54) is 0 Å². The van der Waals surface area contributed by atoms with Gasteiger partial charge < -0.3 is 23.2 Å². The highest BCUT2D eigenvalue weighted by atomic mass is 16.7. The molecule has 0 radical (unpaired) electrons. The van der Waals surface area contributed by atoms with Crippen molar-refractivity contribution < 1.29 is 18.6 Å². The molecule has 4 heterocycles. The van der Waals surface area contributed by atoms with Crippen molar-refractivity contribution in [3.05, 3.63) is 133 Å². The zero-order valence-corrected chi connectivity index (χ0v) is 34.8. The van der Waals surface area contributed by atoms with Gasteiger partial charge in [-0.2, -0.15) is 0 Å². The van der Waals surface area contributed by atoms with Gasteiger partial charge in [-0.05, 0) is 89.9 Å². The van der Waals surface area contributed by atoms with E-state index in [1.54, 1.807) is 0 Å². The number of benzene rings is 6. The molecule has 2 aliphatic heterocycles. The van der Waals surface area contributed by atoms with Crippen LogP contribution in [0.1, 0.15) is 55.4 Å². The number of fused-ring (bicyclic) bond motifs is 5. The SMILES string of the molecule is CC1(C)OB(c2ccc3c(c2)c2cc(B4OC(C)(C)C(C)(C)O4)c4ccccc4c2n3-c2cccc(-c3nc(-c4ccccc4)nc(-c4ccccc4)n3)c2)OC1(C)C. The second kappa shape index (κ2) is 13.4. The molecule has 10 rings (SSSR count). The lowest BCUT2D eigenvalue weighted by Gasteiger charge is -2.32. The molecular formula is C49H46B2N4O4. The van der Waals surface area contributed by atoms with Gasteiger partial charge in [0.25, 0.3) is 0 Å². The summed E-state index contributed by atoms with van der Waals surface area (Å²) in [7, 11) is -1.07. The van der Waals surface area contributed by atoms with Gasteiger partial charge in [0, 0.05) is 38.5 Å². The summed E-state index contributed by atoms with van der Waals surface area (Å²) in [6.07, 6.45) is 0. The molecule has 0 saturated carbocycles. The highest BCUT2D eigenvalue weighted by Gasteiger charge is 2.53. The summed E-state index contributed by atoms with van der Waals surface area (Å²) in [6, 6.07) is 46.0. The number of hydrogen-bond donors (Lipinski definition) is 0. The van der Waals surface area contributed by atoms with E-state index in [-0.39, 0.29) is 0 Å². The lowest BCUT2D eigenvalue weighted by Crippen LogP contribution is -2.41. The summed E-state index contributed by atoms with van der Waals surface area (Å²) in [4.78, 5) is 15.1. The molecule has 6 aromatic carbocycles. The van der Waals surface area contributed by atoms with Crippen molar-refractivity contribution in [1.29, 1.82) is 0 Å². The van der Waals surface area contributed by atoms with E-state index in [1.807, 2.05) is 60.7 Å². The lowest BCUT2D eigenvalue weighted by molar-refractivity contribution is 0.00578. The van der Waals surface area contributed by atoms with Gasteiger partial charge in [-0.1, -0.05) is 115 Å². The number of rotatable bonds is 6. The molecule has 2 fully saturated rings. The molecule has 0 amide bonds. The molecule has 10 heteroatoms. The van der Waals surface area contributed by atoms with Crippen molar-refractivity contribution in [1.82, 2.24) is 19.5 Å².